The molecule has 33 heavy (non-hydrogen) atoms. The zero-order valence-electron chi connectivity index (χ0n) is 20.3. The van der Waals surface area contributed by atoms with Gasteiger partial charge >= 0.3 is 13.8 Å². The summed E-state index contributed by atoms with van der Waals surface area (Å²) in [7, 11) is -4.29. The number of allylic oxidation sites excluding steroid dienone is 2. The molecule has 0 aliphatic carbocycles. The SMILES string of the molecule is CCCCCCCCC=CCCCCCCCC(=O)OC[C@H](COP(=O)(O)OCCN)OO. The van der Waals surface area contributed by atoms with Gasteiger partial charge in [-0.15, -0.1) is 0 Å². The monoisotopic (exact) mass is 495 g/mol. The van der Waals surface area contributed by atoms with Gasteiger partial charge in [-0.25, -0.2) is 9.45 Å². The van der Waals surface area contributed by atoms with Crippen LogP contribution >= 0.6 is 7.82 Å². The van der Waals surface area contributed by atoms with Crippen LogP contribution in [-0.4, -0.2) is 48.6 Å². The van der Waals surface area contributed by atoms with Gasteiger partial charge in [0, 0.05) is 13.0 Å². The van der Waals surface area contributed by atoms with Gasteiger partial charge in [-0.2, -0.15) is 0 Å². The Hall–Kier alpha value is -0.800. The lowest BCUT2D eigenvalue weighted by molar-refractivity contribution is -0.290. The minimum atomic E-state index is -4.29. The van der Waals surface area contributed by atoms with E-state index in [1.54, 1.807) is 0 Å². The van der Waals surface area contributed by atoms with E-state index in [0.717, 1.165) is 38.5 Å². The summed E-state index contributed by atoms with van der Waals surface area (Å²) < 4.78 is 25.7. The highest BCUT2D eigenvalue weighted by Crippen LogP contribution is 2.42. The summed E-state index contributed by atoms with van der Waals surface area (Å²) in [6.45, 7) is 1.38. The standard InChI is InChI=1S/C23H46NO8P/c1-2-3-4-5-6-7-8-9-10-11-12-13-14-15-16-17-23(25)29-20-22(32-26)21-31-33(27,28)30-19-18-24/h9-10,22,26H,2-8,11-21,24H2,1H3,(H,27,28)/t22-/m1/s1. The van der Waals surface area contributed by atoms with Gasteiger partial charge in [0.25, 0.3) is 0 Å². The minimum Gasteiger partial charge on any atom is -0.463 e. The zero-order valence-corrected chi connectivity index (χ0v) is 21.2. The zero-order chi connectivity index (χ0) is 24.6. The molecule has 0 aliphatic rings. The molecule has 0 saturated heterocycles. The number of nitrogens with two attached hydrogens (primary N) is 1. The van der Waals surface area contributed by atoms with E-state index >= 15 is 0 Å². The highest BCUT2D eigenvalue weighted by atomic mass is 31.2. The summed E-state index contributed by atoms with van der Waals surface area (Å²) in [5.74, 6) is -0.416. The Labute approximate surface area is 199 Å². The number of ether oxygens (including phenoxy) is 1. The Bertz CT molecular complexity index is 533. The predicted molar refractivity (Wildman–Crippen MR) is 129 cm³/mol. The third-order valence-electron chi connectivity index (χ3n) is 5.02. The Morgan fingerprint density at radius 3 is 2.06 bits per heavy atom. The van der Waals surface area contributed by atoms with Crippen molar-refractivity contribution in [2.24, 2.45) is 5.73 Å². The molecule has 10 heteroatoms. The van der Waals surface area contributed by atoms with Crippen molar-refractivity contribution in [1.29, 1.82) is 0 Å². The number of rotatable bonds is 24. The molecule has 0 aromatic rings. The molecular formula is C23H46NO8P. The second-order valence-corrected chi connectivity index (χ2v) is 9.58. The first-order chi connectivity index (χ1) is 15.9. The lowest BCUT2D eigenvalue weighted by Gasteiger charge is -2.16. The van der Waals surface area contributed by atoms with Crippen LogP contribution in [0.25, 0.3) is 0 Å². The van der Waals surface area contributed by atoms with Crippen LogP contribution in [0.5, 0.6) is 0 Å². The summed E-state index contributed by atoms with van der Waals surface area (Å²) in [4.78, 5) is 25.3. The average Bonchev–Trinajstić information content (AvgIpc) is 2.80. The van der Waals surface area contributed by atoms with Crippen molar-refractivity contribution >= 4 is 13.8 Å². The largest absolute Gasteiger partial charge is 0.472 e. The predicted octanol–water partition coefficient (Wildman–Crippen LogP) is 5.52. The van der Waals surface area contributed by atoms with Gasteiger partial charge in [0.1, 0.15) is 6.61 Å². The molecule has 196 valence electrons. The van der Waals surface area contributed by atoms with Gasteiger partial charge in [0.2, 0.25) is 0 Å². The van der Waals surface area contributed by atoms with Crippen molar-refractivity contribution in [3.05, 3.63) is 12.2 Å². The molecule has 0 aromatic heterocycles. The van der Waals surface area contributed by atoms with Crippen molar-refractivity contribution in [2.45, 2.75) is 103 Å². The molecule has 0 amide bonds. The lowest BCUT2D eigenvalue weighted by atomic mass is 10.1. The van der Waals surface area contributed by atoms with E-state index in [9.17, 15) is 14.3 Å². The Morgan fingerprint density at radius 2 is 1.48 bits per heavy atom. The first-order valence-corrected chi connectivity index (χ1v) is 13.9. The number of hydrogen-bond acceptors (Lipinski definition) is 8. The molecule has 0 rings (SSSR count). The van der Waals surface area contributed by atoms with E-state index in [1.165, 1.54) is 44.9 Å². The van der Waals surface area contributed by atoms with E-state index in [0.29, 0.717) is 0 Å². The summed E-state index contributed by atoms with van der Waals surface area (Å²) in [6, 6.07) is 0. The molecule has 1 unspecified atom stereocenters. The highest BCUT2D eigenvalue weighted by molar-refractivity contribution is 7.47. The lowest BCUT2D eigenvalue weighted by Crippen LogP contribution is -2.26. The van der Waals surface area contributed by atoms with Crippen molar-refractivity contribution in [3.63, 3.8) is 0 Å². The summed E-state index contributed by atoms with van der Waals surface area (Å²) >= 11 is 0. The second kappa shape index (κ2) is 23.0. The number of esters is 1. The third kappa shape index (κ3) is 22.7. The average molecular weight is 496 g/mol. The Morgan fingerprint density at radius 1 is 0.909 bits per heavy atom. The molecule has 9 nitrogen and oxygen atoms in total. The quantitative estimate of drug-likeness (QED) is 0.0395. The summed E-state index contributed by atoms with van der Waals surface area (Å²) in [5.41, 5.74) is 5.18. The number of unbranched alkanes of at least 4 members (excludes halogenated alkanes) is 11. The van der Waals surface area contributed by atoms with E-state index < -0.39 is 26.5 Å². The van der Waals surface area contributed by atoms with Gasteiger partial charge in [-0.3, -0.25) is 19.1 Å². The van der Waals surface area contributed by atoms with Crippen LogP contribution in [0.4, 0.5) is 0 Å². The number of phosphoric ester groups is 1. The first-order valence-electron chi connectivity index (χ1n) is 12.4. The van der Waals surface area contributed by atoms with E-state index in [2.05, 4.69) is 33.0 Å². The van der Waals surface area contributed by atoms with Crippen LogP contribution < -0.4 is 5.73 Å². The molecule has 0 fully saturated rings. The Balaban J connectivity index is 3.60. The number of carbonyl (C=O) groups excluding carboxylic acids is 1. The third-order valence-corrected chi connectivity index (χ3v) is 6.00. The van der Waals surface area contributed by atoms with Gasteiger partial charge in [0.15, 0.2) is 6.10 Å². The number of phosphoric acid groups is 1. The summed E-state index contributed by atoms with van der Waals surface area (Å²) in [5, 5.41) is 8.82. The van der Waals surface area contributed by atoms with Crippen molar-refractivity contribution in [3.8, 4) is 0 Å². The van der Waals surface area contributed by atoms with Gasteiger partial charge in [0.05, 0.1) is 13.2 Å². The molecule has 2 atom stereocenters. The highest BCUT2D eigenvalue weighted by Gasteiger charge is 2.24. The number of carbonyl (C=O) groups is 1. The first kappa shape index (κ1) is 32.2. The smallest absolute Gasteiger partial charge is 0.463 e. The van der Waals surface area contributed by atoms with Gasteiger partial charge in [-0.1, -0.05) is 70.4 Å². The van der Waals surface area contributed by atoms with Crippen LogP contribution in [0.2, 0.25) is 0 Å². The van der Waals surface area contributed by atoms with Crippen LogP contribution in [0.1, 0.15) is 96.8 Å². The van der Waals surface area contributed by atoms with Crippen LogP contribution in [-0.2, 0) is 28.0 Å². The van der Waals surface area contributed by atoms with Gasteiger partial charge < -0.3 is 15.4 Å². The van der Waals surface area contributed by atoms with Crippen molar-refractivity contribution in [2.75, 3.05) is 26.4 Å². The molecule has 4 N–H and O–H groups in total. The second-order valence-electron chi connectivity index (χ2n) is 8.13. The maximum Gasteiger partial charge on any atom is 0.472 e. The van der Waals surface area contributed by atoms with E-state index in [1.807, 2.05) is 0 Å². The van der Waals surface area contributed by atoms with E-state index in [-0.39, 0.29) is 26.2 Å². The molecule has 0 spiro atoms. The molecular weight excluding hydrogens is 449 g/mol. The van der Waals surface area contributed by atoms with Crippen molar-refractivity contribution < 1.29 is 38.2 Å². The maximum absolute atomic E-state index is 11.8. The molecule has 0 aliphatic heterocycles. The van der Waals surface area contributed by atoms with Crippen LogP contribution in [0.3, 0.4) is 0 Å². The molecule has 0 saturated carbocycles. The number of hydrogen-bond donors (Lipinski definition) is 3. The van der Waals surface area contributed by atoms with Crippen LogP contribution in [0.15, 0.2) is 12.2 Å². The molecule has 0 heterocycles. The molecule has 0 bridgehead atoms. The fourth-order valence-electron chi connectivity index (χ4n) is 3.09. The summed E-state index contributed by atoms with van der Waals surface area (Å²) in [6.07, 6.45) is 19.1. The molecule has 0 aromatic carbocycles. The minimum absolute atomic E-state index is 0.0573. The fraction of sp³-hybridized carbons (Fsp3) is 0.870. The van der Waals surface area contributed by atoms with E-state index in [4.69, 9.17) is 15.7 Å². The van der Waals surface area contributed by atoms with Gasteiger partial charge in [-0.05, 0) is 32.1 Å². The molecule has 0 radical (unpaired) electrons. The normalized spacial score (nSPS) is 14.4. The fourth-order valence-corrected chi connectivity index (χ4v) is 3.86. The van der Waals surface area contributed by atoms with Crippen molar-refractivity contribution in [1.82, 2.24) is 0 Å². The maximum atomic E-state index is 11.8. The topological polar surface area (TPSA) is 138 Å². The van der Waals surface area contributed by atoms with Crippen LogP contribution in [0, 0.1) is 0 Å². The Kier molecular flexibility index (Phi) is 22.4.